The van der Waals surface area contributed by atoms with Crippen LogP contribution in [0.5, 0.6) is 0 Å². The first-order valence-electron chi connectivity index (χ1n) is 5.69. The Balaban J connectivity index is 2.14. The second-order valence-corrected chi connectivity index (χ2v) is 7.91. The van der Waals surface area contributed by atoms with Gasteiger partial charge < -0.3 is 4.90 Å². The summed E-state index contributed by atoms with van der Waals surface area (Å²) in [5, 5.41) is 12.3. The first-order chi connectivity index (χ1) is 9.29. The van der Waals surface area contributed by atoms with Gasteiger partial charge >= 0.3 is 0 Å². The molecule has 2 rings (SSSR count). The summed E-state index contributed by atoms with van der Waals surface area (Å²) in [7, 11) is -1.87. The second-order valence-electron chi connectivity index (χ2n) is 4.37. The largest absolute Gasteiger partial charge is 0.304 e. The van der Waals surface area contributed by atoms with Gasteiger partial charge in [0.2, 0.25) is 0 Å². The van der Waals surface area contributed by atoms with Crippen molar-refractivity contribution in [2.75, 3.05) is 33.2 Å². The molecule has 1 saturated heterocycles. The molecular formula is C9H13ClN4O4S2. The smallest absolute Gasteiger partial charge is 0.300 e. The third-order valence-corrected chi connectivity index (χ3v) is 6.05. The molecule has 11 heteroatoms. The van der Waals surface area contributed by atoms with Crippen molar-refractivity contribution in [1.82, 2.24) is 14.7 Å². The first-order valence-corrected chi connectivity index (χ1v) is 8.37. The molecule has 0 radical (unpaired) electrons. The minimum Gasteiger partial charge on any atom is -0.304 e. The van der Waals surface area contributed by atoms with Crippen LogP contribution in [0.25, 0.3) is 0 Å². The molecule has 2 heterocycles. The molecule has 1 aliphatic rings. The number of rotatable bonds is 4. The van der Waals surface area contributed by atoms with Crippen LogP contribution in [0.1, 0.15) is 0 Å². The zero-order valence-electron chi connectivity index (χ0n) is 10.6. The van der Waals surface area contributed by atoms with Gasteiger partial charge in [0.25, 0.3) is 15.7 Å². The number of hydrogen-bond acceptors (Lipinski definition) is 7. The van der Waals surface area contributed by atoms with Crippen LogP contribution in [0.2, 0.25) is 4.34 Å². The topological polar surface area (TPSA) is 95.8 Å². The standard InChI is InChI=1S/C9H13ClN4O4S2/c1-12-2-4-13(5-3-12)11-20(17,18)8-6-7(14(15)16)9(10)19-8/h6,11H,2-5H2,1H3. The maximum absolute atomic E-state index is 12.1. The van der Waals surface area contributed by atoms with Crippen molar-refractivity contribution in [3.8, 4) is 0 Å². The Bertz CT molecular complexity index is 609. The Morgan fingerprint density at radius 2 is 2.00 bits per heavy atom. The second kappa shape index (κ2) is 5.92. The Hall–Kier alpha value is -0.780. The molecular weight excluding hydrogens is 328 g/mol. The molecule has 0 aromatic carbocycles. The quantitative estimate of drug-likeness (QED) is 0.642. The fourth-order valence-corrected chi connectivity index (χ4v) is 4.48. The Morgan fingerprint density at radius 1 is 1.40 bits per heavy atom. The maximum atomic E-state index is 12.1. The van der Waals surface area contributed by atoms with Gasteiger partial charge in [0.1, 0.15) is 4.21 Å². The summed E-state index contributed by atoms with van der Waals surface area (Å²) >= 11 is 6.35. The Labute approximate surface area is 125 Å². The molecule has 1 N–H and O–H groups in total. The molecule has 0 spiro atoms. The average molecular weight is 341 g/mol. The predicted molar refractivity (Wildman–Crippen MR) is 75.4 cm³/mol. The third-order valence-electron chi connectivity index (χ3n) is 2.86. The van der Waals surface area contributed by atoms with Gasteiger partial charge in [-0.05, 0) is 7.05 Å². The van der Waals surface area contributed by atoms with Crippen molar-refractivity contribution in [3.05, 3.63) is 20.5 Å². The van der Waals surface area contributed by atoms with Crippen molar-refractivity contribution in [2.45, 2.75) is 4.21 Å². The summed E-state index contributed by atoms with van der Waals surface area (Å²) in [6, 6.07) is 0.978. The van der Waals surface area contributed by atoms with Crippen molar-refractivity contribution >= 4 is 38.6 Å². The minimum atomic E-state index is -3.83. The fourth-order valence-electron chi connectivity index (χ4n) is 1.71. The average Bonchev–Trinajstić information content (AvgIpc) is 2.75. The summed E-state index contributed by atoms with van der Waals surface area (Å²) in [6.07, 6.45) is 0. The molecule has 0 amide bonds. The number of likely N-dealkylation sites (N-methyl/N-ethyl adjacent to an activating group) is 1. The van der Waals surface area contributed by atoms with E-state index in [1.165, 1.54) is 0 Å². The highest BCUT2D eigenvalue weighted by atomic mass is 35.5. The molecule has 20 heavy (non-hydrogen) atoms. The Morgan fingerprint density at radius 3 is 2.50 bits per heavy atom. The number of nitro groups is 1. The summed E-state index contributed by atoms with van der Waals surface area (Å²) < 4.78 is 24.0. The zero-order valence-corrected chi connectivity index (χ0v) is 13.0. The number of piperazine rings is 1. The monoisotopic (exact) mass is 340 g/mol. The highest BCUT2D eigenvalue weighted by Gasteiger charge is 2.27. The molecule has 8 nitrogen and oxygen atoms in total. The number of thiophene rings is 1. The van der Waals surface area contributed by atoms with Crippen molar-refractivity contribution < 1.29 is 13.3 Å². The molecule has 0 aliphatic carbocycles. The highest BCUT2D eigenvalue weighted by Crippen LogP contribution is 2.36. The molecule has 1 aliphatic heterocycles. The van der Waals surface area contributed by atoms with Crippen LogP contribution in [-0.2, 0) is 10.0 Å². The van der Waals surface area contributed by atoms with E-state index in [1.807, 2.05) is 7.05 Å². The van der Waals surface area contributed by atoms with Crippen LogP contribution in [0.4, 0.5) is 5.69 Å². The minimum absolute atomic E-state index is 0.145. The molecule has 1 aromatic rings. The molecule has 0 bridgehead atoms. The Kier molecular flexibility index (Phi) is 4.62. The van der Waals surface area contributed by atoms with E-state index in [9.17, 15) is 18.5 Å². The first kappa shape index (κ1) is 15.6. The van der Waals surface area contributed by atoms with Gasteiger partial charge in [0, 0.05) is 32.2 Å². The van der Waals surface area contributed by atoms with Gasteiger partial charge in [-0.1, -0.05) is 11.6 Å². The molecule has 112 valence electrons. The van der Waals surface area contributed by atoms with Crippen LogP contribution in [0.3, 0.4) is 0 Å². The van der Waals surface area contributed by atoms with Crippen LogP contribution in [0.15, 0.2) is 10.3 Å². The molecule has 1 aromatic heterocycles. The SMILES string of the molecule is CN1CCN(NS(=O)(=O)c2cc([N+](=O)[O-])c(Cl)s2)CC1. The number of hydrazine groups is 1. The van der Waals surface area contributed by atoms with Gasteiger partial charge in [0.05, 0.1) is 4.92 Å². The number of hydrogen-bond donors (Lipinski definition) is 1. The van der Waals surface area contributed by atoms with E-state index in [4.69, 9.17) is 11.6 Å². The van der Waals surface area contributed by atoms with E-state index < -0.39 is 20.6 Å². The molecule has 0 atom stereocenters. The van der Waals surface area contributed by atoms with Crippen LogP contribution in [0, 0.1) is 10.1 Å². The zero-order chi connectivity index (χ0) is 14.9. The van der Waals surface area contributed by atoms with Crippen LogP contribution < -0.4 is 4.83 Å². The number of nitrogens with zero attached hydrogens (tertiary/aromatic N) is 3. The number of halogens is 1. The summed E-state index contributed by atoms with van der Waals surface area (Å²) in [5.74, 6) is 0. The lowest BCUT2D eigenvalue weighted by Crippen LogP contribution is -2.52. The summed E-state index contributed by atoms with van der Waals surface area (Å²) in [4.78, 5) is 14.5. The normalized spacial score (nSPS) is 18.3. The van der Waals surface area contributed by atoms with Gasteiger partial charge in [-0.3, -0.25) is 10.1 Å². The lowest BCUT2D eigenvalue weighted by molar-refractivity contribution is -0.384. The number of sulfonamides is 1. The van der Waals surface area contributed by atoms with E-state index in [2.05, 4.69) is 9.73 Å². The maximum Gasteiger partial charge on any atom is 0.300 e. The van der Waals surface area contributed by atoms with Crippen molar-refractivity contribution in [2.24, 2.45) is 0 Å². The number of nitrogens with one attached hydrogen (secondary N) is 1. The van der Waals surface area contributed by atoms with Crippen molar-refractivity contribution in [1.29, 1.82) is 0 Å². The lowest BCUT2D eigenvalue weighted by Gasteiger charge is -2.31. The third kappa shape index (κ3) is 3.45. The van der Waals surface area contributed by atoms with E-state index in [1.54, 1.807) is 5.01 Å². The molecule has 0 unspecified atom stereocenters. The van der Waals surface area contributed by atoms with Gasteiger partial charge in [0.15, 0.2) is 4.34 Å². The summed E-state index contributed by atoms with van der Waals surface area (Å²) in [5.41, 5.74) is -0.393. The van der Waals surface area contributed by atoms with Crippen LogP contribution in [-0.4, -0.2) is 56.5 Å². The van der Waals surface area contributed by atoms with E-state index in [-0.39, 0.29) is 8.55 Å². The summed E-state index contributed by atoms with van der Waals surface area (Å²) in [6.45, 7) is 2.59. The van der Waals surface area contributed by atoms with Gasteiger partial charge in [-0.25, -0.2) is 13.4 Å². The lowest BCUT2D eigenvalue weighted by atomic mass is 10.4. The molecule has 0 saturated carbocycles. The molecule has 1 fully saturated rings. The van der Waals surface area contributed by atoms with E-state index >= 15 is 0 Å². The van der Waals surface area contributed by atoms with E-state index in [0.717, 1.165) is 19.2 Å². The van der Waals surface area contributed by atoms with Gasteiger partial charge in [-0.2, -0.15) is 0 Å². The van der Waals surface area contributed by atoms with Crippen LogP contribution >= 0.6 is 22.9 Å². The predicted octanol–water partition coefficient (Wildman–Crippen LogP) is 0.750. The van der Waals surface area contributed by atoms with E-state index in [0.29, 0.717) is 24.4 Å². The fraction of sp³-hybridized carbons (Fsp3) is 0.556. The van der Waals surface area contributed by atoms with Gasteiger partial charge in [-0.15, -0.1) is 16.2 Å². The highest BCUT2D eigenvalue weighted by molar-refractivity contribution is 7.91. The van der Waals surface area contributed by atoms with Crippen molar-refractivity contribution in [3.63, 3.8) is 0 Å².